The van der Waals surface area contributed by atoms with Crippen LogP contribution in [0.3, 0.4) is 0 Å². The highest BCUT2D eigenvalue weighted by Gasteiger charge is 2.15. The number of amides is 1. The molecule has 0 aliphatic carbocycles. The standard InChI is InChI=1S/C30H25FN6O/c1-3-4-29(38)34-22-10-20(13-32-14-22)18-5-6-26-24(11-18)30(37-36-26)27-12-23-25(15-33-16-28(23)35-27)19-7-17(2)8-21(31)9-19/h5-16,35H,3-4H2,1-2H3,(H,34,38)(H,36,37). The van der Waals surface area contributed by atoms with Gasteiger partial charge in [-0.25, -0.2) is 4.39 Å². The predicted molar refractivity (Wildman–Crippen MR) is 148 cm³/mol. The maximum Gasteiger partial charge on any atom is 0.224 e. The number of hydrogen-bond donors (Lipinski definition) is 3. The summed E-state index contributed by atoms with van der Waals surface area (Å²) in [5.74, 6) is -0.304. The second-order valence-electron chi connectivity index (χ2n) is 9.44. The number of benzene rings is 2. The fourth-order valence-corrected chi connectivity index (χ4v) is 4.82. The van der Waals surface area contributed by atoms with Crippen LogP contribution in [-0.2, 0) is 4.79 Å². The summed E-state index contributed by atoms with van der Waals surface area (Å²) in [6, 6.07) is 15.0. The zero-order valence-electron chi connectivity index (χ0n) is 21.0. The third-order valence-electron chi connectivity index (χ3n) is 6.55. The number of carbonyl (C=O) groups is 1. The van der Waals surface area contributed by atoms with Crippen LogP contribution in [0.25, 0.3) is 55.4 Å². The molecule has 0 radical (unpaired) electrons. The highest BCUT2D eigenvalue weighted by Crippen LogP contribution is 2.35. The average molecular weight is 505 g/mol. The normalized spacial score (nSPS) is 11.3. The largest absolute Gasteiger partial charge is 0.352 e. The number of anilines is 1. The Morgan fingerprint density at radius 3 is 2.61 bits per heavy atom. The van der Waals surface area contributed by atoms with E-state index >= 15 is 0 Å². The quantitative estimate of drug-likeness (QED) is 0.227. The molecule has 0 atom stereocenters. The van der Waals surface area contributed by atoms with E-state index in [0.29, 0.717) is 12.1 Å². The average Bonchev–Trinajstić information content (AvgIpc) is 3.52. The van der Waals surface area contributed by atoms with Gasteiger partial charge in [-0.05, 0) is 66.4 Å². The van der Waals surface area contributed by atoms with Crippen LogP contribution in [0.1, 0.15) is 25.3 Å². The maximum absolute atomic E-state index is 14.1. The molecule has 0 unspecified atom stereocenters. The zero-order valence-corrected chi connectivity index (χ0v) is 21.0. The molecule has 38 heavy (non-hydrogen) atoms. The second-order valence-corrected chi connectivity index (χ2v) is 9.44. The molecule has 6 rings (SSSR count). The summed E-state index contributed by atoms with van der Waals surface area (Å²) in [5, 5.41) is 12.5. The SMILES string of the molecule is CCCC(=O)Nc1cncc(-c2ccc3[nH]nc(-c4cc5c(-c6cc(C)cc(F)c6)cncc5[nH]4)c3c2)c1. The number of hydrogen-bond acceptors (Lipinski definition) is 4. The molecule has 4 heterocycles. The van der Waals surface area contributed by atoms with E-state index in [1.807, 2.05) is 44.2 Å². The van der Waals surface area contributed by atoms with Crippen molar-refractivity contribution >= 4 is 33.4 Å². The molecule has 1 amide bonds. The van der Waals surface area contributed by atoms with Gasteiger partial charge in [0.25, 0.3) is 0 Å². The minimum Gasteiger partial charge on any atom is -0.352 e. The summed E-state index contributed by atoms with van der Waals surface area (Å²) >= 11 is 0. The summed E-state index contributed by atoms with van der Waals surface area (Å²) in [6.45, 7) is 3.85. The highest BCUT2D eigenvalue weighted by atomic mass is 19.1. The minimum atomic E-state index is -0.276. The molecule has 0 aliphatic heterocycles. The number of rotatable bonds is 6. The van der Waals surface area contributed by atoms with Crippen LogP contribution in [0.15, 0.2) is 73.3 Å². The Hall–Kier alpha value is -4.85. The van der Waals surface area contributed by atoms with E-state index in [4.69, 9.17) is 0 Å². The van der Waals surface area contributed by atoms with Crippen LogP contribution < -0.4 is 5.32 Å². The lowest BCUT2D eigenvalue weighted by Gasteiger charge is -2.07. The molecule has 0 bridgehead atoms. The Morgan fingerprint density at radius 2 is 1.76 bits per heavy atom. The van der Waals surface area contributed by atoms with E-state index in [-0.39, 0.29) is 11.7 Å². The topological polar surface area (TPSA) is 99.3 Å². The molecule has 7 nitrogen and oxygen atoms in total. The number of carbonyl (C=O) groups excluding carboxylic acids is 1. The van der Waals surface area contributed by atoms with Crippen molar-refractivity contribution in [2.24, 2.45) is 0 Å². The van der Waals surface area contributed by atoms with Crippen LogP contribution in [-0.4, -0.2) is 31.1 Å². The van der Waals surface area contributed by atoms with E-state index in [2.05, 4.69) is 36.5 Å². The van der Waals surface area contributed by atoms with Crippen molar-refractivity contribution < 1.29 is 9.18 Å². The van der Waals surface area contributed by atoms with Gasteiger partial charge >= 0.3 is 0 Å². The molecule has 0 spiro atoms. The maximum atomic E-state index is 14.1. The lowest BCUT2D eigenvalue weighted by molar-refractivity contribution is -0.116. The number of aromatic nitrogens is 5. The predicted octanol–water partition coefficient (Wildman–Crippen LogP) is 7.02. The van der Waals surface area contributed by atoms with Crippen molar-refractivity contribution in [3.8, 4) is 33.6 Å². The third kappa shape index (κ3) is 4.41. The van der Waals surface area contributed by atoms with Gasteiger partial charge in [0.2, 0.25) is 5.91 Å². The fraction of sp³-hybridized carbons (Fsp3) is 0.133. The molecule has 0 fully saturated rings. The molecule has 0 saturated carbocycles. The van der Waals surface area contributed by atoms with Crippen LogP contribution >= 0.6 is 0 Å². The first-order chi connectivity index (χ1) is 18.5. The summed E-state index contributed by atoms with van der Waals surface area (Å²) in [6.07, 6.45) is 8.20. The molecule has 6 aromatic rings. The van der Waals surface area contributed by atoms with Crippen molar-refractivity contribution in [1.29, 1.82) is 0 Å². The summed E-state index contributed by atoms with van der Waals surface area (Å²) in [7, 11) is 0. The summed E-state index contributed by atoms with van der Waals surface area (Å²) in [5.41, 5.74) is 8.29. The van der Waals surface area contributed by atoms with Crippen molar-refractivity contribution in [3.05, 3.63) is 84.7 Å². The van der Waals surface area contributed by atoms with Gasteiger partial charge in [0.05, 0.1) is 34.8 Å². The van der Waals surface area contributed by atoms with Crippen LogP contribution in [0.5, 0.6) is 0 Å². The molecule has 3 N–H and O–H groups in total. The lowest BCUT2D eigenvalue weighted by atomic mass is 10.0. The molecule has 0 aliphatic rings. The number of pyridine rings is 2. The second kappa shape index (κ2) is 9.55. The molecular weight excluding hydrogens is 479 g/mol. The monoisotopic (exact) mass is 504 g/mol. The van der Waals surface area contributed by atoms with Crippen LogP contribution in [0.2, 0.25) is 0 Å². The van der Waals surface area contributed by atoms with Crippen molar-refractivity contribution in [2.75, 3.05) is 5.32 Å². The minimum absolute atomic E-state index is 0.0277. The molecule has 4 aromatic heterocycles. The van der Waals surface area contributed by atoms with E-state index in [0.717, 1.165) is 67.4 Å². The van der Waals surface area contributed by atoms with E-state index < -0.39 is 0 Å². The van der Waals surface area contributed by atoms with Crippen LogP contribution in [0, 0.1) is 12.7 Å². The Balaban J connectivity index is 1.41. The Labute approximate surface area is 218 Å². The first kappa shape index (κ1) is 23.5. The van der Waals surface area contributed by atoms with Gasteiger partial charge in [-0.2, -0.15) is 5.10 Å². The zero-order chi connectivity index (χ0) is 26.2. The fourth-order valence-electron chi connectivity index (χ4n) is 4.82. The van der Waals surface area contributed by atoms with E-state index in [1.165, 1.54) is 12.1 Å². The number of nitrogens with one attached hydrogen (secondary N) is 3. The number of halogens is 1. The Bertz CT molecular complexity index is 1800. The summed E-state index contributed by atoms with van der Waals surface area (Å²) in [4.78, 5) is 24.2. The number of nitrogens with zero attached hydrogens (tertiary/aromatic N) is 3. The van der Waals surface area contributed by atoms with Crippen molar-refractivity contribution in [3.63, 3.8) is 0 Å². The first-order valence-electron chi connectivity index (χ1n) is 12.5. The molecule has 8 heteroatoms. The van der Waals surface area contributed by atoms with Gasteiger partial charge < -0.3 is 10.3 Å². The van der Waals surface area contributed by atoms with Crippen molar-refractivity contribution in [2.45, 2.75) is 26.7 Å². The van der Waals surface area contributed by atoms with Crippen LogP contribution in [0.4, 0.5) is 10.1 Å². The van der Waals surface area contributed by atoms with Gasteiger partial charge in [0, 0.05) is 40.7 Å². The van der Waals surface area contributed by atoms with Gasteiger partial charge in [-0.15, -0.1) is 0 Å². The molecular formula is C30H25FN6O. The Kier molecular flexibility index (Phi) is 5.92. The van der Waals surface area contributed by atoms with Gasteiger partial charge in [-0.1, -0.05) is 19.1 Å². The Morgan fingerprint density at radius 1 is 0.895 bits per heavy atom. The lowest BCUT2D eigenvalue weighted by Crippen LogP contribution is -2.10. The summed E-state index contributed by atoms with van der Waals surface area (Å²) < 4.78 is 14.1. The third-order valence-corrected chi connectivity index (χ3v) is 6.55. The van der Waals surface area contributed by atoms with Gasteiger partial charge in [0.1, 0.15) is 11.5 Å². The number of aromatic amines is 2. The molecule has 188 valence electrons. The van der Waals surface area contributed by atoms with Gasteiger partial charge in [-0.3, -0.25) is 19.9 Å². The van der Waals surface area contributed by atoms with Gasteiger partial charge in [0.15, 0.2) is 0 Å². The first-order valence-corrected chi connectivity index (χ1v) is 12.5. The number of aryl methyl sites for hydroxylation is 1. The number of H-pyrrole nitrogens is 2. The molecule has 2 aromatic carbocycles. The van der Waals surface area contributed by atoms with E-state index in [9.17, 15) is 9.18 Å². The van der Waals surface area contributed by atoms with E-state index in [1.54, 1.807) is 24.8 Å². The highest BCUT2D eigenvalue weighted by molar-refractivity contribution is 6.01. The van der Waals surface area contributed by atoms with Crippen molar-refractivity contribution in [1.82, 2.24) is 25.1 Å². The molecule has 0 saturated heterocycles. The number of fused-ring (bicyclic) bond motifs is 2. The smallest absolute Gasteiger partial charge is 0.224 e.